The van der Waals surface area contributed by atoms with Gasteiger partial charge in [0, 0.05) is 18.6 Å². The maximum absolute atomic E-state index is 11.7. The lowest BCUT2D eigenvalue weighted by Gasteiger charge is -2.21. The summed E-state index contributed by atoms with van der Waals surface area (Å²) in [6, 6.07) is 4.68. The number of nitrogens with two attached hydrogens (primary N) is 1. The van der Waals surface area contributed by atoms with E-state index in [1.165, 1.54) is 13.1 Å². The summed E-state index contributed by atoms with van der Waals surface area (Å²) < 4.78 is 26.9. The molecule has 0 aliphatic carbocycles. The zero-order chi connectivity index (χ0) is 12.3. The van der Waals surface area contributed by atoms with E-state index in [0.717, 1.165) is 4.31 Å². The number of nitrogen functional groups attached to an aromatic ring is 1. The Balaban J connectivity index is 3.14. The van der Waals surface area contributed by atoms with Gasteiger partial charge in [0.05, 0.1) is 11.4 Å². The number of anilines is 2. The van der Waals surface area contributed by atoms with Crippen molar-refractivity contribution < 1.29 is 8.42 Å². The topological polar surface area (TPSA) is 75.4 Å². The van der Waals surface area contributed by atoms with Gasteiger partial charge in [-0.25, -0.2) is 0 Å². The second kappa shape index (κ2) is 4.90. The highest BCUT2D eigenvalue weighted by Crippen LogP contribution is 2.27. The van der Waals surface area contributed by atoms with Gasteiger partial charge in [-0.15, -0.1) is 0 Å². The van der Waals surface area contributed by atoms with E-state index in [1.807, 2.05) is 0 Å². The Bertz CT molecular complexity index is 476. The van der Waals surface area contributed by atoms with Crippen molar-refractivity contribution in [1.82, 2.24) is 4.72 Å². The first-order valence-electron chi connectivity index (χ1n) is 4.67. The molecule has 0 spiro atoms. The summed E-state index contributed by atoms with van der Waals surface area (Å²) in [5, 5.41) is 0.433. The van der Waals surface area contributed by atoms with E-state index in [9.17, 15) is 8.42 Å². The zero-order valence-corrected chi connectivity index (χ0v) is 10.6. The maximum atomic E-state index is 11.7. The van der Waals surface area contributed by atoms with Crippen LogP contribution in [0.5, 0.6) is 0 Å². The molecule has 0 bridgehead atoms. The minimum atomic E-state index is -3.56. The molecule has 0 aromatic heterocycles. The van der Waals surface area contributed by atoms with Gasteiger partial charge >= 0.3 is 10.2 Å². The van der Waals surface area contributed by atoms with E-state index < -0.39 is 10.2 Å². The van der Waals surface area contributed by atoms with E-state index in [1.54, 1.807) is 19.1 Å². The molecule has 3 N–H and O–H groups in total. The van der Waals surface area contributed by atoms with Crippen LogP contribution in [0.3, 0.4) is 0 Å². The van der Waals surface area contributed by atoms with Gasteiger partial charge in [0.1, 0.15) is 0 Å². The first-order valence-corrected chi connectivity index (χ1v) is 6.49. The van der Waals surface area contributed by atoms with Gasteiger partial charge in [-0.2, -0.15) is 13.1 Å². The van der Waals surface area contributed by atoms with E-state index in [2.05, 4.69) is 4.72 Å². The van der Waals surface area contributed by atoms with Gasteiger partial charge in [0.2, 0.25) is 0 Å². The maximum Gasteiger partial charge on any atom is 0.301 e. The molecule has 0 atom stereocenters. The number of nitrogens with one attached hydrogen (secondary N) is 1. The highest BCUT2D eigenvalue weighted by atomic mass is 35.5. The number of hydrogen-bond donors (Lipinski definition) is 2. The van der Waals surface area contributed by atoms with Crippen LogP contribution in [0.4, 0.5) is 11.4 Å². The molecule has 0 aliphatic rings. The molecule has 16 heavy (non-hydrogen) atoms. The molecule has 0 heterocycles. The average molecular weight is 264 g/mol. The fraction of sp³-hybridized carbons (Fsp3) is 0.333. The molecule has 0 fully saturated rings. The Labute approximate surface area is 100 Å². The Kier molecular flexibility index (Phi) is 4.01. The molecule has 5 nitrogen and oxygen atoms in total. The first-order chi connectivity index (χ1) is 7.38. The summed E-state index contributed by atoms with van der Waals surface area (Å²) in [5.74, 6) is 0. The summed E-state index contributed by atoms with van der Waals surface area (Å²) in [4.78, 5) is 0. The quantitative estimate of drug-likeness (QED) is 0.802. The lowest BCUT2D eigenvalue weighted by Crippen LogP contribution is -2.38. The molecule has 0 radical (unpaired) electrons. The third kappa shape index (κ3) is 2.78. The summed E-state index contributed by atoms with van der Waals surface area (Å²) in [7, 11) is -2.14. The smallest absolute Gasteiger partial charge is 0.301 e. The normalized spacial score (nSPS) is 11.4. The minimum Gasteiger partial charge on any atom is -0.397 e. The fourth-order valence-corrected chi connectivity index (χ4v) is 2.34. The molecule has 0 saturated heterocycles. The van der Waals surface area contributed by atoms with Gasteiger partial charge in [0.25, 0.3) is 0 Å². The third-order valence-electron chi connectivity index (χ3n) is 2.02. The van der Waals surface area contributed by atoms with Crippen LogP contribution in [-0.2, 0) is 10.2 Å². The molecular weight excluding hydrogens is 250 g/mol. The van der Waals surface area contributed by atoms with Crippen LogP contribution >= 0.6 is 11.6 Å². The van der Waals surface area contributed by atoms with Crippen LogP contribution in [0.2, 0.25) is 5.02 Å². The minimum absolute atomic E-state index is 0.313. The van der Waals surface area contributed by atoms with Crippen molar-refractivity contribution in [2.45, 2.75) is 6.92 Å². The van der Waals surface area contributed by atoms with Crippen molar-refractivity contribution in [2.24, 2.45) is 0 Å². The molecule has 0 saturated carbocycles. The molecule has 0 unspecified atom stereocenters. The predicted molar refractivity (Wildman–Crippen MR) is 66.9 cm³/mol. The largest absolute Gasteiger partial charge is 0.397 e. The third-order valence-corrected chi connectivity index (χ3v) is 3.83. The molecule has 0 aliphatic heterocycles. The number of rotatable bonds is 4. The van der Waals surface area contributed by atoms with Crippen molar-refractivity contribution in [3.63, 3.8) is 0 Å². The Morgan fingerprint density at radius 3 is 2.69 bits per heavy atom. The second-order valence-electron chi connectivity index (χ2n) is 3.17. The number of nitrogens with zero attached hydrogens (tertiary/aromatic N) is 1. The highest BCUT2D eigenvalue weighted by Gasteiger charge is 2.18. The van der Waals surface area contributed by atoms with Crippen molar-refractivity contribution >= 4 is 33.2 Å². The summed E-state index contributed by atoms with van der Waals surface area (Å²) in [6.07, 6.45) is 0. The Morgan fingerprint density at radius 2 is 2.12 bits per heavy atom. The number of benzene rings is 1. The fourth-order valence-electron chi connectivity index (χ4n) is 1.20. The van der Waals surface area contributed by atoms with Crippen molar-refractivity contribution in [2.75, 3.05) is 23.6 Å². The van der Waals surface area contributed by atoms with E-state index in [0.29, 0.717) is 22.9 Å². The van der Waals surface area contributed by atoms with Crippen LogP contribution < -0.4 is 14.8 Å². The van der Waals surface area contributed by atoms with E-state index >= 15 is 0 Å². The van der Waals surface area contributed by atoms with E-state index in [4.69, 9.17) is 17.3 Å². The molecule has 1 rings (SSSR count). The summed E-state index contributed by atoms with van der Waals surface area (Å²) >= 11 is 5.79. The highest BCUT2D eigenvalue weighted by molar-refractivity contribution is 7.90. The lowest BCUT2D eigenvalue weighted by atomic mass is 10.3. The van der Waals surface area contributed by atoms with Crippen LogP contribution in [0, 0.1) is 0 Å². The van der Waals surface area contributed by atoms with Gasteiger partial charge in [-0.1, -0.05) is 18.5 Å². The molecule has 1 aromatic carbocycles. The van der Waals surface area contributed by atoms with Crippen molar-refractivity contribution in [3.8, 4) is 0 Å². The molecular formula is C9H14ClN3O2S. The summed E-state index contributed by atoms with van der Waals surface area (Å²) in [6.45, 7) is 2.01. The van der Waals surface area contributed by atoms with Crippen LogP contribution in [0.1, 0.15) is 6.92 Å². The number of hydrogen-bond acceptors (Lipinski definition) is 3. The monoisotopic (exact) mass is 263 g/mol. The average Bonchev–Trinajstić information content (AvgIpc) is 2.20. The SMILES string of the molecule is CCNS(=O)(=O)N(C)c1cc(Cl)ccc1N. The second-order valence-corrected chi connectivity index (χ2v) is 5.40. The Hall–Kier alpha value is -0.980. The summed E-state index contributed by atoms with van der Waals surface area (Å²) in [5.41, 5.74) is 6.40. The molecule has 90 valence electrons. The number of halogens is 1. The van der Waals surface area contributed by atoms with Gasteiger partial charge in [0.15, 0.2) is 0 Å². The van der Waals surface area contributed by atoms with Crippen molar-refractivity contribution in [3.05, 3.63) is 23.2 Å². The van der Waals surface area contributed by atoms with Crippen LogP contribution in [0.25, 0.3) is 0 Å². The van der Waals surface area contributed by atoms with Gasteiger partial charge < -0.3 is 5.73 Å². The van der Waals surface area contributed by atoms with Gasteiger partial charge in [-0.3, -0.25) is 4.31 Å². The van der Waals surface area contributed by atoms with E-state index in [-0.39, 0.29) is 0 Å². The first kappa shape index (κ1) is 13.1. The van der Waals surface area contributed by atoms with Crippen LogP contribution in [-0.4, -0.2) is 22.0 Å². The zero-order valence-electron chi connectivity index (χ0n) is 9.07. The van der Waals surface area contributed by atoms with Crippen LogP contribution in [0.15, 0.2) is 18.2 Å². The standard InChI is InChI=1S/C9H14ClN3O2S/c1-3-12-16(14,15)13(2)9-6-7(10)4-5-8(9)11/h4-6,12H,3,11H2,1-2H3. The molecule has 7 heteroatoms. The lowest BCUT2D eigenvalue weighted by molar-refractivity contribution is 0.582. The predicted octanol–water partition coefficient (Wildman–Crippen LogP) is 1.21. The molecule has 1 aromatic rings. The Morgan fingerprint density at radius 1 is 1.50 bits per heavy atom. The van der Waals surface area contributed by atoms with Crippen molar-refractivity contribution in [1.29, 1.82) is 0 Å². The van der Waals surface area contributed by atoms with Gasteiger partial charge in [-0.05, 0) is 18.2 Å². The molecule has 0 amide bonds.